The first kappa shape index (κ1) is 28.1. The van der Waals surface area contributed by atoms with Crippen LogP contribution in [-0.4, -0.2) is 26.4 Å². The second-order valence-electron chi connectivity index (χ2n) is 7.24. The molecule has 0 saturated carbocycles. The number of carboxylic acids is 1. The molecular weight excluding hydrogens is 593 g/mol. The van der Waals surface area contributed by atoms with E-state index in [1.807, 2.05) is 0 Å². The van der Waals surface area contributed by atoms with Crippen LogP contribution in [0.5, 0.6) is 17.2 Å². The number of aromatic carboxylic acids is 1. The van der Waals surface area contributed by atoms with Gasteiger partial charge in [0.05, 0.1) is 20.1 Å². The van der Waals surface area contributed by atoms with Crippen LogP contribution < -0.4 is 0 Å². The molecule has 0 fully saturated rings. The summed E-state index contributed by atoms with van der Waals surface area (Å²) in [4.78, 5) is 10.9. The number of aromatic hydroxyl groups is 3. The van der Waals surface area contributed by atoms with Crippen LogP contribution in [0.4, 0.5) is 0 Å². The van der Waals surface area contributed by atoms with Crippen LogP contribution in [-0.2, 0) is 0 Å². The molecule has 186 valence electrons. The summed E-state index contributed by atoms with van der Waals surface area (Å²) >= 11 is 35.2. The Labute approximate surface area is 235 Å². The minimum absolute atomic E-state index is 0.123. The second-order valence-corrected chi connectivity index (χ2v) is 9.71. The van der Waals surface area contributed by atoms with E-state index < -0.39 is 5.97 Å². The van der Waals surface area contributed by atoms with Crippen molar-refractivity contribution in [2.75, 3.05) is 0 Å². The predicted octanol–water partition coefficient (Wildman–Crippen LogP) is 9.44. The van der Waals surface area contributed by atoms with Crippen molar-refractivity contribution in [3.05, 3.63) is 96.4 Å². The minimum atomic E-state index is -1.19. The molecular formula is C25H14Cl6O5. The molecule has 0 saturated heterocycles. The lowest BCUT2D eigenvalue weighted by atomic mass is 10.0. The third-order valence-corrected chi connectivity index (χ3v) is 6.54. The maximum Gasteiger partial charge on any atom is 0.339 e. The monoisotopic (exact) mass is 604 g/mol. The fourth-order valence-electron chi connectivity index (χ4n) is 3.06. The molecule has 0 spiro atoms. The Bertz CT molecular complexity index is 1370. The molecule has 0 aliphatic heterocycles. The van der Waals surface area contributed by atoms with Crippen molar-refractivity contribution in [1.29, 1.82) is 0 Å². The molecule has 11 heteroatoms. The molecule has 5 nitrogen and oxygen atoms in total. The zero-order valence-electron chi connectivity index (χ0n) is 17.7. The quantitative estimate of drug-likeness (QED) is 0.186. The number of carboxylic acid groups (broad SMARTS) is 1. The van der Waals surface area contributed by atoms with Crippen LogP contribution in [0.3, 0.4) is 0 Å². The number of rotatable bonds is 3. The minimum Gasteiger partial charge on any atom is -0.507 e. The van der Waals surface area contributed by atoms with Crippen LogP contribution in [0, 0.1) is 0 Å². The van der Waals surface area contributed by atoms with Crippen LogP contribution in [0.2, 0.25) is 30.1 Å². The Hall–Kier alpha value is -2.51. The molecule has 0 bridgehead atoms. The van der Waals surface area contributed by atoms with Gasteiger partial charge in [-0.2, -0.15) is 0 Å². The van der Waals surface area contributed by atoms with Gasteiger partial charge in [-0.15, -0.1) is 0 Å². The largest absolute Gasteiger partial charge is 0.507 e. The number of halogens is 6. The number of carbonyl (C=O) groups is 1. The van der Waals surface area contributed by atoms with Crippen molar-refractivity contribution < 1.29 is 25.2 Å². The van der Waals surface area contributed by atoms with E-state index in [-0.39, 0.29) is 42.9 Å². The Morgan fingerprint density at radius 3 is 1.44 bits per heavy atom. The number of phenolic OH excluding ortho intramolecular Hbond substituents is 2. The number of phenols is 3. The Balaban J connectivity index is 0.000000201. The highest BCUT2D eigenvalue weighted by Crippen LogP contribution is 2.40. The molecule has 0 amide bonds. The van der Waals surface area contributed by atoms with Crippen molar-refractivity contribution in [3.63, 3.8) is 0 Å². The summed E-state index contributed by atoms with van der Waals surface area (Å²) in [6.07, 6.45) is 0. The van der Waals surface area contributed by atoms with Gasteiger partial charge in [-0.1, -0.05) is 81.7 Å². The average Bonchev–Trinajstić information content (AvgIpc) is 2.81. The third-order valence-electron chi connectivity index (χ3n) is 4.84. The first-order valence-electron chi connectivity index (χ1n) is 9.77. The number of hydrogen-bond acceptors (Lipinski definition) is 4. The first-order chi connectivity index (χ1) is 16.9. The fraction of sp³-hybridized carbons (Fsp3) is 0. The maximum atomic E-state index is 10.9. The van der Waals surface area contributed by atoms with Gasteiger partial charge in [0.2, 0.25) is 0 Å². The lowest BCUT2D eigenvalue weighted by Gasteiger charge is -2.08. The summed E-state index contributed by atoms with van der Waals surface area (Å²) in [6.45, 7) is 0. The SMILES string of the molecule is O=C(O)c1cc(-c2ccc(Cl)cc2Cl)ccc1O.Oc1c(Cl)cc(-c2cc(Cl)c(O)c(Cl)c2)cc1Cl. The second kappa shape index (κ2) is 11.7. The van der Waals surface area contributed by atoms with Gasteiger partial charge in [0.15, 0.2) is 11.5 Å². The van der Waals surface area contributed by atoms with Crippen molar-refractivity contribution >= 4 is 75.6 Å². The van der Waals surface area contributed by atoms with E-state index in [1.54, 1.807) is 24.3 Å². The molecule has 0 atom stereocenters. The standard InChI is InChI=1S/C13H8Cl2O3.C12H6Cl4O2/c14-8-2-3-9(11(15)6-8)7-1-4-12(16)10(5-7)13(17)18;13-7-1-5(2-8(14)11(7)17)6-3-9(15)12(18)10(16)4-6/h1-6,16H,(H,17,18);1-4,17-18H. The number of hydrogen-bond donors (Lipinski definition) is 4. The molecule has 0 aliphatic carbocycles. The van der Waals surface area contributed by atoms with E-state index in [0.717, 1.165) is 0 Å². The van der Waals surface area contributed by atoms with Gasteiger partial charge in [-0.05, 0) is 65.2 Å². The van der Waals surface area contributed by atoms with Crippen molar-refractivity contribution in [2.45, 2.75) is 0 Å². The molecule has 0 aliphatic rings. The van der Waals surface area contributed by atoms with Gasteiger partial charge in [0.1, 0.15) is 11.3 Å². The highest BCUT2D eigenvalue weighted by atomic mass is 35.5. The molecule has 4 aromatic carbocycles. The Kier molecular flexibility index (Phi) is 9.12. The van der Waals surface area contributed by atoms with Crippen LogP contribution >= 0.6 is 69.6 Å². The average molecular weight is 607 g/mol. The Morgan fingerprint density at radius 2 is 1.03 bits per heavy atom. The van der Waals surface area contributed by atoms with E-state index >= 15 is 0 Å². The number of benzene rings is 4. The summed E-state index contributed by atoms with van der Waals surface area (Å²) < 4.78 is 0. The molecule has 0 radical (unpaired) electrons. The molecule has 0 unspecified atom stereocenters. The zero-order chi connectivity index (χ0) is 26.7. The summed E-state index contributed by atoms with van der Waals surface area (Å²) in [6, 6.07) is 15.3. The third kappa shape index (κ3) is 6.43. The zero-order valence-corrected chi connectivity index (χ0v) is 22.3. The van der Waals surface area contributed by atoms with E-state index in [1.165, 1.54) is 36.4 Å². The van der Waals surface area contributed by atoms with Gasteiger partial charge in [-0.25, -0.2) is 4.79 Å². The van der Waals surface area contributed by atoms with E-state index in [0.29, 0.717) is 32.3 Å². The van der Waals surface area contributed by atoms with E-state index in [4.69, 9.17) is 74.7 Å². The Morgan fingerprint density at radius 1 is 0.556 bits per heavy atom. The van der Waals surface area contributed by atoms with Gasteiger partial charge >= 0.3 is 5.97 Å². The summed E-state index contributed by atoms with van der Waals surface area (Å²) in [5.41, 5.74) is 2.35. The molecule has 4 N–H and O–H groups in total. The van der Waals surface area contributed by atoms with Gasteiger partial charge in [0.25, 0.3) is 0 Å². The van der Waals surface area contributed by atoms with Crippen LogP contribution in [0.15, 0.2) is 60.7 Å². The summed E-state index contributed by atoms with van der Waals surface area (Å²) in [7, 11) is 0. The topological polar surface area (TPSA) is 98.0 Å². The van der Waals surface area contributed by atoms with Crippen molar-refractivity contribution in [2.24, 2.45) is 0 Å². The van der Waals surface area contributed by atoms with Gasteiger partial charge in [0, 0.05) is 15.6 Å². The molecule has 36 heavy (non-hydrogen) atoms. The molecule has 4 rings (SSSR count). The van der Waals surface area contributed by atoms with Gasteiger partial charge < -0.3 is 20.4 Å². The lowest BCUT2D eigenvalue weighted by molar-refractivity contribution is 0.0693. The lowest BCUT2D eigenvalue weighted by Crippen LogP contribution is -1.97. The predicted molar refractivity (Wildman–Crippen MR) is 146 cm³/mol. The highest BCUT2D eigenvalue weighted by molar-refractivity contribution is 6.39. The van der Waals surface area contributed by atoms with Gasteiger partial charge in [-0.3, -0.25) is 0 Å². The van der Waals surface area contributed by atoms with Crippen molar-refractivity contribution in [3.8, 4) is 39.5 Å². The summed E-state index contributed by atoms with van der Waals surface area (Å²) in [5.74, 6) is -1.84. The normalized spacial score (nSPS) is 10.5. The smallest absolute Gasteiger partial charge is 0.339 e. The van der Waals surface area contributed by atoms with E-state index in [2.05, 4.69) is 0 Å². The molecule has 4 aromatic rings. The van der Waals surface area contributed by atoms with Crippen LogP contribution in [0.1, 0.15) is 10.4 Å². The first-order valence-corrected chi connectivity index (χ1v) is 12.0. The summed E-state index contributed by atoms with van der Waals surface area (Å²) in [5, 5.41) is 38.7. The van der Waals surface area contributed by atoms with E-state index in [9.17, 15) is 20.1 Å². The maximum absolute atomic E-state index is 10.9. The van der Waals surface area contributed by atoms with Crippen molar-refractivity contribution in [1.82, 2.24) is 0 Å². The van der Waals surface area contributed by atoms with Crippen LogP contribution in [0.25, 0.3) is 22.3 Å². The molecule has 0 heterocycles. The molecule has 0 aromatic heterocycles. The fourth-order valence-corrected chi connectivity index (χ4v) is 4.55. The highest BCUT2D eigenvalue weighted by Gasteiger charge is 2.13.